The number of hydrogen-bond acceptors (Lipinski definition) is 5. The van der Waals surface area contributed by atoms with Gasteiger partial charge in [-0.05, 0) is 43.7 Å². The number of nitrogens with zero attached hydrogens (tertiary/aromatic N) is 2. The van der Waals surface area contributed by atoms with Crippen molar-refractivity contribution in [2.45, 2.75) is 26.7 Å². The molecule has 3 aromatic rings. The molecule has 1 N–H and O–H groups in total. The van der Waals surface area contributed by atoms with Crippen molar-refractivity contribution in [2.24, 2.45) is 0 Å². The quantitative estimate of drug-likeness (QED) is 0.662. The van der Waals surface area contributed by atoms with Crippen molar-refractivity contribution in [1.82, 2.24) is 15.5 Å². The molecule has 0 aliphatic carbocycles. The van der Waals surface area contributed by atoms with Crippen LogP contribution in [0.2, 0.25) is 0 Å². The maximum Gasteiger partial charge on any atom is 0.247 e. The lowest BCUT2D eigenvalue weighted by atomic mass is 10.1. The monoisotopic (exact) mass is 365 g/mol. The van der Waals surface area contributed by atoms with E-state index in [9.17, 15) is 4.79 Å². The summed E-state index contributed by atoms with van der Waals surface area (Å²) in [7, 11) is 0. The molecular formula is C21H23N3O3. The Hall–Kier alpha value is -3.15. The van der Waals surface area contributed by atoms with Crippen molar-refractivity contribution >= 4 is 5.91 Å². The number of rotatable bonds is 8. The number of benzene rings is 2. The Morgan fingerprint density at radius 1 is 1.07 bits per heavy atom. The van der Waals surface area contributed by atoms with Crippen LogP contribution in [0.25, 0.3) is 11.5 Å². The average molecular weight is 365 g/mol. The number of nitrogens with one attached hydrogen (secondary N) is 1. The standard InChI is InChI=1S/C21H23N3O3/c1-3-26-18-10-6-16(7-11-18)14-19(25)22-13-12-20-23-24-21(27-20)17-8-4-15(2)5-9-17/h4-11H,3,12-14H2,1-2H3,(H,22,25). The van der Waals surface area contributed by atoms with E-state index in [4.69, 9.17) is 9.15 Å². The van der Waals surface area contributed by atoms with Crippen molar-refractivity contribution in [3.05, 3.63) is 65.5 Å². The van der Waals surface area contributed by atoms with Gasteiger partial charge in [0.15, 0.2) is 0 Å². The Kier molecular flexibility index (Phi) is 6.20. The molecule has 0 aliphatic rings. The molecule has 0 aliphatic heterocycles. The molecule has 3 rings (SSSR count). The van der Waals surface area contributed by atoms with Crippen LogP contribution in [-0.2, 0) is 17.6 Å². The molecule has 0 spiro atoms. The van der Waals surface area contributed by atoms with Crippen LogP contribution < -0.4 is 10.1 Å². The zero-order chi connectivity index (χ0) is 19.1. The Bertz CT molecular complexity index is 870. The number of carbonyl (C=O) groups excluding carboxylic acids is 1. The molecule has 27 heavy (non-hydrogen) atoms. The van der Waals surface area contributed by atoms with Gasteiger partial charge in [0.05, 0.1) is 13.0 Å². The van der Waals surface area contributed by atoms with Crippen LogP contribution in [-0.4, -0.2) is 29.3 Å². The second-order valence-corrected chi connectivity index (χ2v) is 6.22. The molecule has 0 atom stereocenters. The molecule has 2 aromatic carbocycles. The van der Waals surface area contributed by atoms with Gasteiger partial charge in [-0.25, -0.2) is 0 Å². The first-order chi connectivity index (χ1) is 13.1. The highest BCUT2D eigenvalue weighted by Crippen LogP contribution is 2.18. The third-order valence-corrected chi connectivity index (χ3v) is 4.03. The molecule has 0 unspecified atom stereocenters. The van der Waals surface area contributed by atoms with E-state index < -0.39 is 0 Å². The molecule has 0 bridgehead atoms. The molecule has 0 saturated heterocycles. The average Bonchev–Trinajstić information content (AvgIpc) is 3.13. The van der Waals surface area contributed by atoms with Gasteiger partial charge in [0.2, 0.25) is 17.7 Å². The van der Waals surface area contributed by atoms with Crippen molar-refractivity contribution < 1.29 is 13.9 Å². The highest BCUT2D eigenvalue weighted by atomic mass is 16.5. The maximum absolute atomic E-state index is 12.1. The zero-order valence-electron chi connectivity index (χ0n) is 15.6. The summed E-state index contributed by atoms with van der Waals surface area (Å²) in [5, 5.41) is 11.0. The summed E-state index contributed by atoms with van der Waals surface area (Å²) in [6.45, 7) is 5.04. The number of hydrogen-bond donors (Lipinski definition) is 1. The SMILES string of the molecule is CCOc1ccc(CC(=O)NCCc2nnc(-c3ccc(C)cc3)o2)cc1. The molecule has 0 radical (unpaired) electrons. The maximum atomic E-state index is 12.1. The van der Waals surface area contributed by atoms with E-state index >= 15 is 0 Å². The van der Waals surface area contributed by atoms with Crippen LogP contribution in [0, 0.1) is 6.92 Å². The van der Waals surface area contributed by atoms with E-state index in [1.54, 1.807) is 0 Å². The zero-order valence-corrected chi connectivity index (χ0v) is 15.6. The summed E-state index contributed by atoms with van der Waals surface area (Å²) in [6.07, 6.45) is 0.818. The number of ether oxygens (including phenoxy) is 1. The van der Waals surface area contributed by atoms with Gasteiger partial charge < -0.3 is 14.5 Å². The van der Waals surface area contributed by atoms with Crippen LogP contribution in [0.3, 0.4) is 0 Å². The third kappa shape index (κ3) is 5.41. The normalized spacial score (nSPS) is 10.6. The smallest absolute Gasteiger partial charge is 0.247 e. The fraction of sp³-hybridized carbons (Fsp3) is 0.286. The van der Waals surface area contributed by atoms with Gasteiger partial charge in [-0.3, -0.25) is 4.79 Å². The summed E-state index contributed by atoms with van der Waals surface area (Å²) in [6, 6.07) is 15.4. The topological polar surface area (TPSA) is 77.2 Å². The molecule has 1 aromatic heterocycles. The van der Waals surface area contributed by atoms with E-state index in [1.165, 1.54) is 5.56 Å². The lowest BCUT2D eigenvalue weighted by molar-refractivity contribution is -0.120. The second-order valence-electron chi connectivity index (χ2n) is 6.22. The fourth-order valence-corrected chi connectivity index (χ4v) is 2.59. The van der Waals surface area contributed by atoms with Gasteiger partial charge in [-0.1, -0.05) is 29.8 Å². The van der Waals surface area contributed by atoms with Crippen molar-refractivity contribution in [3.8, 4) is 17.2 Å². The summed E-state index contributed by atoms with van der Waals surface area (Å²) in [5.74, 6) is 1.76. The second kappa shape index (κ2) is 8.98. The molecule has 0 saturated carbocycles. The predicted molar refractivity (Wildman–Crippen MR) is 102 cm³/mol. The van der Waals surface area contributed by atoms with Crippen LogP contribution in [0.4, 0.5) is 0 Å². The molecule has 6 nitrogen and oxygen atoms in total. The first-order valence-corrected chi connectivity index (χ1v) is 9.02. The Labute approximate surface area is 158 Å². The Balaban J connectivity index is 1.45. The van der Waals surface area contributed by atoms with Gasteiger partial charge in [0.25, 0.3) is 0 Å². The van der Waals surface area contributed by atoms with Crippen LogP contribution in [0.15, 0.2) is 52.9 Å². The van der Waals surface area contributed by atoms with Gasteiger partial charge in [0, 0.05) is 18.5 Å². The van der Waals surface area contributed by atoms with E-state index in [1.807, 2.05) is 62.4 Å². The van der Waals surface area contributed by atoms with Gasteiger partial charge in [-0.15, -0.1) is 10.2 Å². The molecular weight excluding hydrogens is 342 g/mol. The lowest BCUT2D eigenvalue weighted by Crippen LogP contribution is -2.27. The minimum Gasteiger partial charge on any atom is -0.494 e. The molecule has 6 heteroatoms. The van der Waals surface area contributed by atoms with Crippen molar-refractivity contribution in [1.29, 1.82) is 0 Å². The number of amides is 1. The van der Waals surface area contributed by atoms with Crippen molar-refractivity contribution in [2.75, 3.05) is 13.2 Å². The van der Waals surface area contributed by atoms with Crippen molar-refractivity contribution in [3.63, 3.8) is 0 Å². The Morgan fingerprint density at radius 3 is 2.52 bits per heavy atom. The molecule has 140 valence electrons. The van der Waals surface area contributed by atoms with Crippen LogP contribution >= 0.6 is 0 Å². The molecule has 1 heterocycles. The van der Waals surface area contributed by atoms with E-state index in [-0.39, 0.29) is 5.91 Å². The van der Waals surface area contributed by atoms with Crippen LogP contribution in [0.1, 0.15) is 23.9 Å². The van der Waals surface area contributed by atoms with Gasteiger partial charge in [-0.2, -0.15) is 0 Å². The molecule has 0 fully saturated rings. The third-order valence-electron chi connectivity index (χ3n) is 4.03. The van der Waals surface area contributed by atoms with Gasteiger partial charge in [0.1, 0.15) is 5.75 Å². The summed E-state index contributed by atoms with van der Waals surface area (Å²) >= 11 is 0. The Morgan fingerprint density at radius 2 is 1.81 bits per heavy atom. The highest BCUT2D eigenvalue weighted by molar-refractivity contribution is 5.78. The van der Waals surface area contributed by atoms with E-state index in [2.05, 4.69) is 15.5 Å². The first-order valence-electron chi connectivity index (χ1n) is 9.02. The van der Waals surface area contributed by atoms with Crippen LogP contribution in [0.5, 0.6) is 5.75 Å². The highest BCUT2D eigenvalue weighted by Gasteiger charge is 2.09. The van der Waals surface area contributed by atoms with Gasteiger partial charge >= 0.3 is 0 Å². The number of aryl methyl sites for hydroxylation is 1. The summed E-state index contributed by atoms with van der Waals surface area (Å²) in [5.41, 5.74) is 3.00. The summed E-state index contributed by atoms with van der Waals surface area (Å²) in [4.78, 5) is 12.1. The minimum atomic E-state index is -0.0440. The number of carbonyl (C=O) groups is 1. The minimum absolute atomic E-state index is 0.0440. The van der Waals surface area contributed by atoms with E-state index in [0.717, 1.165) is 16.9 Å². The first kappa shape index (κ1) is 18.6. The fourth-order valence-electron chi connectivity index (χ4n) is 2.59. The predicted octanol–water partition coefficient (Wildman–Crippen LogP) is 3.35. The summed E-state index contributed by atoms with van der Waals surface area (Å²) < 4.78 is 11.1. The number of aromatic nitrogens is 2. The largest absolute Gasteiger partial charge is 0.494 e. The lowest BCUT2D eigenvalue weighted by Gasteiger charge is -2.06. The molecule has 1 amide bonds. The van der Waals surface area contributed by atoms with E-state index in [0.29, 0.717) is 37.8 Å².